The first-order chi connectivity index (χ1) is 22.5. The minimum Gasteiger partial charge on any atom is -0.467 e. The Morgan fingerprint density at radius 2 is 1.67 bits per heavy atom. The van der Waals surface area contributed by atoms with Gasteiger partial charge < -0.3 is 40.2 Å². The Hall–Kier alpha value is -4.95. The monoisotopic (exact) mass is 669 g/mol. The maximum atomic E-state index is 13.8. The third-order valence-corrected chi connectivity index (χ3v) is 7.67. The molecular weight excluding hydrogens is 622 g/mol. The van der Waals surface area contributed by atoms with Crippen molar-refractivity contribution in [3.05, 3.63) is 54.1 Å². The summed E-state index contributed by atoms with van der Waals surface area (Å²) in [6.45, 7) is 7.89. The molecule has 1 aromatic heterocycles. The highest BCUT2D eigenvalue weighted by atomic mass is 16.6. The molecule has 1 aliphatic heterocycles. The van der Waals surface area contributed by atoms with Crippen molar-refractivity contribution in [2.24, 2.45) is 7.05 Å². The van der Waals surface area contributed by atoms with Gasteiger partial charge >= 0.3 is 12.1 Å². The summed E-state index contributed by atoms with van der Waals surface area (Å²) in [6.07, 6.45) is 3.58. The molecular formula is C33H47N7O8. The fourth-order valence-electron chi connectivity index (χ4n) is 5.20. The number of carbonyl (C=O) groups is 6. The van der Waals surface area contributed by atoms with Gasteiger partial charge in [0.1, 0.15) is 29.3 Å². The third kappa shape index (κ3) is 10.8. The van der Waals surface area contributed by atoms with Crippen LogP contribution in [-0.2, 0) is 53.3 Å². The van der Waals surface area contributed by atoms with Crippen molar-refractivity contribution in [2.45, 2.75) is 89.6 Å². The lowest BCUT2D eigenvalue weighted by atomic mass is 10.0. The summed E-state index contributed by atoms with van der Waals surface area (Å²) in [6, 6.07) is 6.16. The second-order valence-electron chi connectivity index (χ2n) is 13.2. The fraction of sp³-hybridized carbons (Fsp3) is 0.545. The van der Waals surface area contributed by atoms with Crippen LogP contribution in [0.1, 0.15) is 58.7 Å². The van der Waals surface area contributed by atoms with Crippen LogP contribution in [0.2, 0.25) is 0 Å². The largest absolute Gasteiger partial charge is 0.467 e. The third-order valence-electron chi connectivity index (χ3n) is 7.67. The zero-order valence-corrected chi connectivity index (χ0v) is 28.6. The number of methoxy groups -OCH3 is 1. The molecule has 2 aromatic rings. The van der Waals surface area contributed by atoms with Crippen molar-refractivity contribution in [3.8, 4) is 0 Å². The molecule has 4 N–H and O–H groups in total. The van der Waals surface area contributed by atoms with E-state index in [9.17, 15) is 28.8 Å². The van der Waals surface area contributed by atoms with E-state index >= 15 is 0 Å². The van der Waals surface area contributed by atoms with Crippen LogP contribution in [0.3, 0.4) is 0 Å². The number of hydrogen-bond donors (Lipinski definition) is 4. The molecule has 0 saturated carbocycles. The normalized spacial score (nSPS) is 15.9. The topological polar surface area (TPSA) is 190 Å². The van der Waals surface area contributed by atoms with Gasteiger partial charge in [-0.05, 0) is 53.0 Å². The second-order valence-corrected chi connectivity index (χ2v) is 13.2. The van der Waals surface area contributed by atoms with Gasteiger partial charge in [0.15, 0.2) is 0 Å². The van der Waals surface area contributed by atoms with E-state index in [2.05, 4.69) is 26.3 Å². The SMILES string of the molecule is COC(=O)[C@H](Cc1ccccc1)NC(=O)CNC(=O)C(C)(C)NC(=O)[C@H]1CCCN1C(=O)[C@H](Cc1cncn1C)NC(=O)OC(C)(C)C. The molecule has 1 saturated heterocycles. The maximum absolute atomic E-state index is 13.8. The number of likely N-dealkylation sites (tertiary alicyclic amines) is 1. The molecule has 15 nitrogen and oxygen atoms in total. The van der Waals surface area contributed by atoms with Crippen LogP contribution in [0.15, 0.2) is 42.9 Å². The van der Waals surface area contributed by atoms with E-state index in [4.69, 9.17) is 9.47 Å². The van der Waals surface area contributed by atoms with E-state index in [0.29, 0.717) is 18.5 Å². The van der Waals surface area contributed by atoms with E-state index in [1.54, 1.807) is 44.9 Å². The molecule has 0 radical (unpaired) electrons. The lowest BCUT2D eigenvalue weighted by Crippen LogP contribution is -2.61. The van der Waals surface area contributed by atoms with Crippen LogP contribution in [0.25, 0.3) is 0 Å². The molecule has 15 heteroatoms. The molecule has 262 valence electrons. The van der Waals surface area contributed by atoms with E-state index in [1.165, 1.54) is 25.9 Å². The first-order valence-corrected chi connectivity index (χ1v) is 15.8. The molecule has 5 amide bonds. The molecule has 0 aliphatic carbocycles. The van der Waals surface area contributed by atoms with Crippen LogP contribution in [0.4, 0.5) is 4.79 Å². The quantitative estimate of drug-likeness (QED) is 0.223. The summed E-state index contributed by atoms with van der Waals surface area (Å²) in [5, 5.41) is 10.4. The zero-order valence-electron chi connectivity index (χ0n) is 28.6. The molecule has 2 heterocycles. The van der Waals surface area contributed by atoms with Crippen molar-refractivity contribution in [1.29, 1.82) is 0 Å². The van der Waals surface area contributed by atoms with Gasteiger partial charge in [0.2, 0.25) is 23.6 Å². The standard InChI is InChI=1S/C33H47N7O8/c1-32(2,3)48-31(46)37-23(17-22-18-34-20-39(22)6)28(43)40-15-11-14-25(40)27(42)38-33(4,5)30(45)35-19-26(41)36-24(29(44)47-7)16-21-12-9-8-10-13-21/h8-10,12-13,18,20,23-25H,11,14-17,19H2,1-7H3,(H,35,45)(H,36,41)(H,37,46)(H,38,42)/t23-,24-,25+/m0/s1. The smallest absolute Gasteiger partial charge is 0.408 e. The summed E-state index contributed by atoms with van der Waals surface area (Å²) in [7, 11) is 2.99. The molecule has 0 spiro atoms. The molecule has 1 aliphatic rings. The summed E-state index contributed by atoms with van der Waals surface area (Å²) in [5.74, 6) is -2.95. The van der Waals surface area contributed by atoms with Gasteiger partial charge in [0.05, 0.1) is 20.0 Å². The van der Waals surface area contributed by atoms with Gasteiger partial charge in [-0.15, -0.1) is 0 Å². The number of benzene rings is 1. The Bertz CT molecular complexity index is 1470. The Morgan fingerprint density at radius 3 is 2.27 bits per heavy atom. The van der Waals surface area contributed by atoms with Crippen LogP contribution in [0.5, 0.6) is 0 Å². The summed E-state index contributed by atoms with van der Waals surface area (Å²) in [4.78, 5) is 83.6. The average molecular weight is 670 g/mol. The predicted molar refractivity (Wildman–Crippen MR) is 174 cm³/mol. The first-order valence-electron chi connectivity index (χ1n) is 15.8. The fourth-order valence-corrected chi connectivity index (χ4v) is 5.20. The number of nitrogens with zero attached hydrogens (tertiary/aromatic N) is 3. The van der Waals surface area contributed by atoms with Gasteiger partial charge in [-0.25, -0.2) is 14.6 Å². The molecule has 1 aromatic carbocycles. The molecule has 0 unspecified atom stereocenters. The number of nitrogens with one attached hydrogen (secondary N) is 4. The Morgan fingerprint density at radius 1 is 0.979 bits per heavy atom. The number of rotatable bonds is 13. The Kier molecular flexibility index (Phi) is 12.7. The zero-order chi connectivity index (χ0) is 35.6. The van der Waals surface area contributed by atoms with Gasteiger partial charge in [-0.3, -0.25) is 19.2 Å². The van der Waals surface area contributed by atoms with Gasteiger partial charge in [0.25, 0.3) is 0 Å². The summed E-state index contributed by atoms with van der Waals surface area (Å²) in [5.41, 5.74) is -0.768. The van der Waals surface area contributed by atoms with Gasteiger partial charge in [-0.2, -0.15) is 0 Å². The van der Waals surface area contributed by atoms with E-state index in [1.807, 2.05) is 30.3 Å². The maximum Gasteiger partial charge on any atom is 0.408 e. The number of imidazole rings is 1. The number of hydrogen-bond acceptors (Lipinski definition) is 9. The van der Waals surface area contributed by atoms with Crippen LogP contribution in [0, 0.1) is 0 Å². The highest BCUT2D eigenvalue weighted by molar-refractivity contribution is 5.97. The van der Waals surface area contributed by atoms with E-state index in [-0.39, 0.29) is 19.4 Å². The number of aromatic nitrogens is 2. The van der Waals surface area contributed by atoms with Crippen molar-refractivity contribution >= 4 is 35.7 Å². The van der Waals surface area contributed by atoms with Gasteiger partial charge in [-0.1, -0.05) is 30.3 Å². The minimum atomic E-state index is -1.47. The van der Waals surface area contributed by atoms with Gasteiger partial charge in [0, 0.05) is 38.3 Å². The number of carbonyl (C=O) groups excluding carboxylic acids is 6. The molecule has 48 heavy (non-hydrogen) atoms. The lowest BCUT2D eigenvalue weighted by molar-refractivity contribution is -0.145. The number of aryl methyl sites for hydroxylation is 1. The number of alkyl carbamates (subject to hydrolysis) is 1. The molecule has 1 fully saturated rings. The molecule has 3 rings (SSSR count). The van der Waals surface area contributed by atoms with Crippen molar-refractivity contribution in [3.63, 3.8) is 0 Å². The van der Waals surface area contributed by atoms with E-state index < -0.39 is 71.5 Å². The lowest BCUT2D eigenvalue weighted by Gasteiger charge is -2.32. The molecule has 3 atom stereocenters. The first kappa shape index (κ1) is 37.5. The van der Waals surface area contributed by atoms with Crippen molar-refractivity contribution < 1.29 is 38.2 Å². The highest BCUT2D eigenvalue weighted by Crippen LogP contribution is 2.21. The minimum absolute atomic E-state index is 0.109. The van der Waals surface area contributed by atoms with Crippen molar-refractivity contribution in [1.82, 2.24) is 35.7 Å². The Labute approximate surface area is 280 Å². The number of esters is 1. The average Bonchev–Trinajstić information content (AvgIpc) is 3.67. The summed E-state index contributed by atoms with van der Waals surface area (Å²) < 4.78 is 11.9. The predicted octanol–water partition coefficient (Wildman–Crippen LogP) is 0.758. The molecule has 0 bridgehead atoms. The van der Waals surface area contributed by atoms with Crippen LogP contribution in [-0.4, -0.2) is 99.6 Å². The number of ether oxygens (including phenoxy) is 2. The second kappa shape index (κ2) is 16.2. The Balaban J connectivity index is 1.63. The van der Waals surface area contributed by atoms with Crippen LogP contribution < -0.4 is 21.3 Å². The van der Waals surface area contributed by atoms with Crippen LogP contribution >= 0.6 is 0 Å². The van der Waals surface area contributed by atoms with Crippen molar-refractivity contribution in [2.75, 3.05) is 20.2 Å². The highest BCUT2D eigenvalue weighted by Gasteiger charge is 2.41. The summed E-state index contributed by atoms with van der Waals surface area (Å²) >= 11 is 0. The number of amides is 5. The van der Waals surface area contributed by atoms with E-state index in [0.717, 1.165) is 5.56 Å².